The van der Waals surface area contributed by atoms with Gasteiger partial charge in [-0.15, -0.1) is 0 Å². The average molecular weight is 345 g/mol. The van der Waals surface area contributed by atoms with E-state index in [9.17, 15) is 18.0 Å². The molecule has 0 spiro atoms. The molecule has 0 fully saturated rings. The first-order valence-corrected chi connectivity index (χ1v) is 8.06. The first-order valence-electron chi connectivity index (χ1n) is 8.06. The van der Waals surface area contributed by atoms with Crippen LogP contribution in [0.2, 0.25) is 0 Å². The zero-order valence-corrected chi connectivity index (χ0v) is 13.9. The number of rotatable bonds is 3. The van der Waals surface area contributed by atoms with E-state index < -0.39 is 17.9 Å². The number of Topliss-reactive ketones (excluding diaryl/α,β-unsaturated/α-hetero) is 1. The van der Waals surface area contributed by atoms with Gasteiger partial charge in [-0.05, 0) is 34.7 Å². The van der Waals surface area contributed by atoms with E-state index in [1.54, 1.807) is 0 Å². The van der Waals surface area contributed by atoms with Crippen molar-refractivity contribution in [3.8, 4) is 11.1 Å². The Bertz CT molecular complexity index is 823. The molecule has 5 heteroatoms. The summed E-state index contributed by atoms with van der Waals surface area (Å²) in [6.45, 7) is 3.65. The number of halogens is 3. The third-order valence-electron chi connectivity index (χ3n) is 4.40. The number of carbonyl (C=O) groups is 1. The normalized spacial score (nSPS) is 16.9. The smallest absolute Gasteiger partial charge is 0.361 e. The van der Waals surface area contributed by atoms with E-state index in [4.69, 9.17) is 0 Å². The second-order valence-electron chi connectivity index (χ2n) is 6.46. The van der Waals surface area contributed by atoms with Crippen LogP contribution in [0.15, 0.2) is 60.3 Å². The fourth-order valence-corrected chi connectivity index (χ4v) is 3.26. The summed E-state index contributed by atoms with van der Waals surface area (Å²) >= 11 is 0. The molecule has 25 heavy (non-hydrogen) atoms. The van der Waals surface area contributed by atoms with Crippen molar-refractivity contribution >= 4 is 11.5 Å². The first kappa shape index (κ1) is 17.3. The minimum absolute atomic E-state index is 0.149. The largest absolute Gasteiger partial charge is 0.454 e. The lowest BCUT2D eigenvalue weighted by Crippen LogP contribution is -2.31. The number of anilines is 1. The quantitative estimate of drug-likeness (QED) is 0.792. The Kier molecular flexibility index (Phi) is 4.41. The summed E-state index contributed by atoms with van der Waals surface area (Å²) in [7, 11) is 0. The number of ketones is 1. The summed E-state index contributed by atoms with van der Waals surface area (Å²) in [6, 6.07) is 15.3. The van der Waals surface area contributed by atoms with Gasteiger partial charge in [0.15, 0.2) is 0 Å². The highest BCUT2D eigenvalue weighted by Gasteiger charge is 2.44. The minimum atomic E-state index is -4.88. The van der Waals surface area contributed by atoms with E-state index in [0.29, 0.717) is 5.56 Å². The van der Waals surface area contributed by atoms with Gasteiger partial charge in [-0.1, -0.05) is 50.2 Å². The van der Waals surface area contributed by atoms with Gasteiger partial charge in [0.25, 0.3) is 5.78 Å². The van der Waals surface area contributed by atoms with Crippen molar-refractivity contribution in [2.75, 3.05) is 5.32 Å². The molecule has 2 aromatic rings. The topological polar surface area (TPSA) is 29.1 Å². The number of benzene rings is 2. The van der Waals surface area contributed by atoms with Crippen molar-refractivity contribution in [3.05, 3.63) is 65.9 Å². The second kappa shape index (κ2) is 6.39. The number of fused-ring (bicyclic) bond motifs is 1. The lowest BCUT2D eigenvalue weighted by atomic mass is 9.77. The van der Waals surface area contributed by atoms with Gasteiger partial charge >= 0.3 is 6.18 Å². The maximum absolute atomic E-state index is 13.0. The van der Waals surface area contributed by atoms with Crippen LogP contribution in [0.25, 0.3) is 11.1 Å². The molecule has 1 N–H and O–H groups in total. The fourth-order valence-electron chi connectivity index (χ4n) is 3.26. The van der Waals surface area contributed by atoms with Gasteiger partial charge in [-0.2, -0.15) is 13.2 Å². The van der Waals surface area contributed by atoms with E-state index in [0.717, 1.165) is 16.8 Å². The molecule has 130 valence electrons. The summed E-state index contributed by atoms with van der Waals surface area (Å²) in [5.41, 5.74) is 3.10. The Hall–Kier alpha value is -2.56. The van der Waals surface area contributed by atoms with Crippen molar-refractivity contribution in [1.82, 2.24) is 0 Å². The standard InChI is InChI=1S/C20H18F3NO/c1-12(2)18-15-10-14(13-6-4-3-5-7-13)8-9-17(15)24-11-16(18)19(25)20(21,22)23/h3-12,18,24H,1-2H3. The average Bonchev–Trinajstić information content (AvgIpc) is 2.59. The highest BCUT2D eigenvalue weighted by Crippen LogP contribution is 2.43. The lowest BCUT2D eigenvalue weighted by Gasteiger charge is -2.30. The molecule has 1 aliphatic rings. The SMILES string of the molecule is CC(C)C1C(C(=O)C(F)(F)F)=CNc2ccc(-c3ccccc3)cc21. The molecule has 2 aromatic carbocycles. The highest BCUT2D eigenvalue weighted by molar-refractivity contribution is 6.02. The molecule has 0 saturated heterocycles. The van der Waals surface area contributed by atoms with E-state index >= 15 is 0 Å². The fraction of sp³-hybridized carbons (Fsp3) is 0.250. The summed E-state index contributed by atoms with van der Waals surface area (Å²) in [5, 5.41) is 2.85. The molecule has 0 radical (unpaired) electrons. The molecule has 1 aliphatic heterocycles. The monoisotopic (exact) mass is 345 g/mol. The third-order valence-corrected chi connectivity index (χ3v) is 4.40. The van der Waals surface area contributed by atoms with Crippen LogP contribution in [-0.2, 0) is 4.79 Å². The van der Waals surface area contributed by atoms with Gasteiger partial charge in [-0.25, -0.2) is 0 Å². The van der Waals surface area contributed by atoms with Gasteiger partial charge in [-0.3, -0.25) is 4.79 Å². The minimum Gasteiger partial charge on any atom is -0.361 e. The molecular formula is C20H18F3NO. The van der Waals surface area contributed by atoms with Crippen LogP contribution in [0, 0.1) is 5.92 Å². The molecule has 3 rings (SSSR count). The van der Waals surface area contributed by atoms with E-state index in [1.807, 2.05) is 62.4 Å². The summed E-state index contributed by atoms with van der Waals surface area (Å²) in [5.74, 6) is -2.53. The number of hydrogen-bond acceptors (Lipinski definition) is 2. The van der Waals surface area contributed by atoms with Crippen LogP contribution in [0.5, 0.6) is 0 Å². The molecule has 0 amide bonds. The number of carbonyl (C=O) groups excluding carboxylic acids is 1. The Labute approximate surface area is 144 Å². The number of allylic oxidation sites excluding steroid dienone is 1. The van der Waals surface area contributed by atoms with Gasteiger partial charge in [0.2, 0.25) is 0 Å². The van der Waals surface area contributed by atoms with Crippen molar-refractivity contribution in [3.63, 3.8) is 0 Å². The molecule has 0 saturated carbocycles. The van der Waals surface area contributed by atoms with Crippen molar-refractivity contribution in [2.24, 2.45) is 5.92 Å². The van der Waals surface area contributed by atoms with E-state index in [2.05, 4.69) is 5.32 Å². The highest BCUT2D eigenvalue weighted by atomic mass is 19.4. The van der Waals surface area contributed by atoms with Crippen LogP contribution in [0.3, 0.4) is 0 Å². The molecular weight excluding hydrogens is 327 g/mol. The Morgan fingerprint density at radius 1 is 1.04 bits per heavy atom. The van der Waals surface area contributed by atoms with E-state index in [1.165, 1.54) is 6.20 Å². The van der Waals surface area contributed by atoms with Crippen LogP contribution < -0.4 is 5.32 Å². The van der Waals surface area contributed by atoms with Crippen LogP contribution in [-0.4, -0.2) is 12.0 Å². The third kappa shape index (κ3) is 3.31. The van der Waals surface area contributed by atoms with Gasteiger partial charge in [0, 0.05) is 23.4 Å². The Morgan fingerprint density at radius 2 is 1.72 bits per heavy atom. The predicted molar refractivity (Wildman–Crippen MR) is 92.2 cm³/mol. The van der Waals surface area contributed by atoms with Crippen LogP contribution in [0.4, 0.5) is 18.9 Å². The zero-order chi connectivity index (χ0) is 18.2. The zero-order valence-electron chi connectivity index (χ0n) is 13.9. The van der Waals surface area contributed by atoms with Gasteiger partial charge in [0.1, 0.15) is 0 Å². The first-order chi connectivity index (χ1) is 11.8. The van der Waals surface area contributed by atoms with E-state index in [-0.39, 0.29) is 11.5 Å². The molecule has 0 bridgehead atoms. The summed E-state index contributed by atoms with van der Waals surface area (Å²) in [4.78, 5) is 11.9. The van der Waals surface area contributed by atoms with Crippen molar-refractivity contribution in [2.45, 2.75) is 25.9 Å². The van der Waals surface area contributed by atoms with Crippen LogP contribution in [0.1, 0.15) is 25.3 Å². The summed E-state index contributed by atoms with van der Waals surface area (Å²) < 4.78 is 38.9. The maximum Gasteiger partial charge on any atom is 0.454 e. The Morgan fingerprint density at radius 3 is 2.32 bits per heavy atom. The van der Waals surface area contributed by atoms with Crippen LogP contribution >= 0.6 is 0 Å². The molecule has 1 atom stereocenters. The molecule has 2 nitrogen and oxygen atoms in total. The number of hydrogen-bond donors (Lipinski definition) is 1. The maximum atomic E-state index is 13.0. The molecule has 1 heterocycles. The lowest BCUT2D eigenvalue weighted by molar-refractivity contribution is -0.167. The predicted octanol–water partition coefficient (Wildman–Crippen LogP) is 5.53. The Balaban J connectivity index is 2.08. The van der Waals surface area contributed by atoms with Crippen molar-refractivity contribution in [1.29, 1.82) is 0 Å². The molecule has 0 aromatic heterocycles. The van der Waals surface area contributed by atoms with Crippen molar-refractivity contribution < 1.29 is 18.0 Å². The summed E-state index contributed by atoms with van der Waals surface area (Å²) in [6.07, 6.45) is -3.68. The van der Waals surface area contributed by atoms with Gasteiger partial charge in [0.05, 0.1) is 0 Å². The number of alkyl halides is 3. The second-order valence-corrected chi connectivity index (χ2v) is 6.46. The van der Waals surface area contributed by atoms with Gasteiger partial charge < -0.3 is 5.32 Å². The number of nitrogens with one attached hydrogen (secondary N) is 1. The molecule has 1 unspecified atom stereocenters. The molecule has 0 aliphatic carbocycles.